The van der Waals surface area contributed by atoms with E-state index in [0.717, 1.165) is 13.1 Å². The van der Waals surface area contributed by atoms with Gasteiger partial charge in [-0.15, -0.1) is 11.3 Å². The van der Waals surface area contributed by atoms with Crippen LogP contribution < -0.4 is 5.32 Å². The molecule has 0 saturated heterocycles. The van der Waals surface area contributed by atoms with Crippen molar-refractivity contribution in [3.8, 4) is 0 Å². The highest BCUT2D eigenvalue weighted by molar-refractivity contribution is 9.12. The lowest BCUT2D eigenvalue weighted by molar-refractivity contribution is 0.102. The number of anilines is 1. The van der Waals surface area contributed by atoms with Crippen molar-refractivity contribution in [1.29, 1.82) is 0 Å². The quantitative estimate of drug-likeness (QED) is 0.831. The smallest absolute Gasteiger partial charge is 0.257 e. The number of aliphatic hydroxyl groups excluding tert-OH is 1. The Balaban J connectivity index is 2.13. The van der Waals surface area contributed by atoms with Crippen molar-refractivity contribution in [2.24, 2.45) is 0 Å². The fourth-order valence-electron chi connectivity index (χ4n) is 1.39. The second kappa shape index (κ2) is 5.97. The molecule has 2 aromatic rings. The van der Waals surface area contributed by atoms with Crippen LogP contribution in [0.1, 0.15) is 15.9 Å². The van der Waals surface area contributed by atoms with Gasteiger partial charge in [0, 0.05) is 5.69 Å². The Kier molecular flexibility index (Phi) is 4.55. The summed E-state index contributed by atoms with van der Waals surface area (Å²) in [5.41, 5.74) is 2.11. The summed E-state index contributed by atoms with van der Waals surface area (Å²) in [4.78, 5) is 12.0. The number of hydrogen-bond acceptors (Lipinski definition) is 3. The first-order valence-corrected chi connectivity index (χ1v) is 7.46. The van der Waals surface area contributed by atoms with E-state index in [1.807, 2.05) is 0 Å². The second-order valence-electron chi connectivity index (χ2n) is 3.55. The van der Waals surface area contributed by atoms with Gasteiger partial charge in [0.15, 0.2) is 0 Å². The van der Waals surface area contributed by atoms with Crippen LogP contribution in [0.4, 0.5) is 5.69 Å². The van der Waals surface area contributed by atoms with Crippen LogP contribution in [0, 0.1) is 0 Å². The molecule has 94 valence electrons. The molecule has 0 radical (unpaired) electrons. The summed E-state index contributed by atoms with van der Waals surface area (Å²) in [7, 11) is 0. The fourth-order valence-corrected chi connectivity index (χ4v) is 4.18. The van der Waals surface area contributed by atoms with Crippen LogP contribution >= 0.6 is 43.2 Å². The molecule has 1 heterocycles. The number of thiophene rings is 1. The zero-order valence-electron chi connectivity index (χ0n) is 9.11. The first-order valence-electron chi connectivity index (χ1n) is 5.06. The molecule has 3 nitrogen and oxygen atoms in total. The molecular formula is C12H9Br2NO2S. The maximum atomic E-state index is 12.0. The standard InChI is InChI=1S/C12H9Br2NO2S/c13-10-5-9(11(14)18-10)12(17)15-8-3-1-7(6-16)2-4-8/h1-5,16H,6H2,(H,15,17). The van der Waals surface area contributed by atoms with Crippen molar-refractivity contribution < 1.29 is 9.90 Å². The number of carbonyl (C=O) groups excluding carboxylic acids is 1. The topological polar surface area (TPSA) is 49.3 Å². The van der Waals surface area contributed by atoms with Crippen molar-refractivity contribution >= 4 is 54.8 Å². The first kappa shape index (κ1) is 13.7. The van der Waals surface area contributed by atoms with Gasteiger partial charge in [-0.2, -0.15) is 0 Å². The summed E-state index contributed by atoms with van der Waals surface area (Å²) in [6.07, 6.45) is 0. The Bertz CT molecular complexity index is 566. The second-order valence-corrected chi connectivity index (χ2v) is 7.30. The minimum absolute atomic E-state index is 0.00273. The summed E-state index contributed by atoms with van der Waals surface area (Å²) in [6, 6.07) is 8.84. The van der Waals surface area contributed by atoms with E-state index in [4.69, 9.17) is 5.11 Å². The van der Waals surface area contributed by atoms with E-state index >= 15 is 0 Å². The van der Waals surface area contributed by atoms with E-state index in [-0.39, 0.29) is 12.5 Å². The van der Waals surface area contributed by atoms with Gasteiger partial charge in [0.25, 0.3) is 5.91 Å². The zero-order valence-corrected chi connectivity index (χ0v) is 13.1. The maximum absolute atomic E-state index is 12.0. The largest absolute Gasteiger partial charge is 0.392 e. The monoisotopic (exact) mass is 389 g/mol. The lowest BCUT2D eigenvalue weighted by Gasteiger charge is -2.05. The van der Waals surface area contributed by atoms with E-state index < -0.39 is 0 Å². The Morgan fingerprint density at radius 1 is 1.28 bits per heavy atom. The van der Waals surface area contributed by atoms with Crippen molar-refractivity contribution in [2.75, 3.05) is 5.32 Å². The SMILES string of the molecule is O=C(Nc1ccc(CO)cc1)c1cc(Br)sc1Br. The average molecular weight is 391 g/mol. The summed E-state index contributed by atoms with van der Waals surface area (Å²) >= 11 is 8.14. The molecule has 0 atom stereocenters. The van der Waals surface area contributed by atoms with Gasteiger partial charge in [0.2, 0.25) is 0 Å². The van der Waals surface area contributed by atoms with E-state index in [1.54, 1.807) is 30.3 Å². The molecule has 0 fully saturated rings. The predicted octanol–water partition coefficient (Wildman–Crippen LogP) is 4.02. The number of halogens is 2. The maximum Gasteiger partial charge on any atom is 0.257 e. The highest BCUT2D eigenvalue weighted by Gasteiger charge is 2.13. The first-order chi connectivity index (χ1) is 8.60. The molecule has 2 rings (SSSR count). The van der Waals surface area contributed by atoms with Gasteiger partial charge in [-0.05, 0) is 55.6 Å². The molecule has 0 aliphatic rings. The highest BCUT2D eigenvalue weighted by Crippen LogP contribution is 2.32. The van der Waals surface area contributed by atoms with E-state index in [9.17, 15) is 4.79 Å². The Labute approximate surface area is 125 Å². The third-order valence-corrected chi connectivity index (χ3v) is 4.63. The summed E-state index contributed by atoms with van der Waals surface area (Å²) in [5, 5.41) is 11.7. The van der Waals surface area contributed by atoms with Gasteiger partial charge in [-0.1, -0.05) is 12.1 Å². The zero-order chi connectivity index (χ0) is 13.1. The molecule has 2 N–H and O–H groups in total. The number of aliphatic hydroxyl groups is 1. The predicted molar refractivity (Wildman–Crippen MR) is 80.0 cm³/mol. The lowest BCUT2D eigenvalue weighted by Crippen LogP contribution is -2.11. The van der Waals surface area contributed by atoms with Crippen LogP contribution in [0.5, 0.6) is 0 Å². The third-order valence-electron chi connectivity index (χ3n) is 2.30. The average Bonchev–Trinajstić information content (AvgIpc) is 2.69. The van der Waals surface area contributed by atoms with Crippen LogP contribution in [-0.2, 0) is 6.61 Å². The Hall–Kier alpha value is -0.690. The van der Waals surface area contributed by atoms with Crippen molar-refractivity contribution in [2.45, 2.75) is 6.61 Å². The van der Waals surface area contributed by atoms with Crippen LogP contribution in [0.25, 0.3) is 0 Å². The van der Waals surface area contributed by atoms with Gasteiger partial charge >= 0.3 is 0 Å². The molecule has 0 spiro atoms. The van der Waals surface area contributed by atoms with Gasteiger partial charge in [0.05, 0.1) is 19.7 Å². The van der Waals surface area contributed by atoms with Crippen molar-refractivity contribution in [3.63, 3.8) is 0 Å². The number of benzene rings is 1. The van der Waals surface area contributed by atoms with Gasteiger partial charge in [0.1, 0.15) is 0 Å². The Morgan fingerprint density at radius 3 is 2.44 bits per heavy atom. The summed E-state index contributed by atoms with van der Waals surface area (Å²) in [6.45, 7) is -0.00273. The molecule has 6 heteroatoms. The molecule has 0 unspecified atom stereocenters. The minimum atomic E-state index is -0.166. The molecule has 0 saturated carbocycles. The summed E-state index contributed by atoms with van der Waals surface area (Å²) in [5.74, 6) is -0.166. The molecule has 18 heavy (non-hydrogen) atoms. The molecular weight excluding hydrogens is 382 g/mol. The fraction of sp³-hybridized carbons (Fsp3) is 0.0833. The molecule has 1 aromatic carbocycles. The van der Waals surface area contributed by atoms with E-state index in [2.05, 4.69) is 37.2 Å². The minimum Gasteiger partial charge on any atom is -0.392 e. The van der Waals surface area contributed by atoms with E-state index in [1.165, 1.54) is 11.3 Å². The molecule has 0 aliphatic heterocycles. The number of rotatable bonds is 3. The van der Waals surface area contributed by atoms with Crippen LogP contribution in [-0.4, -0.2) is 11.0 Å². The van der Waals surface area contributed by atoms with Crippen LogP contribution in [0.3, 0.4) is 0 Å². The Morgan fingerprint density at radius 2 is 1.94 bits per heavy atom. The van der Waals surface area contributed by atoms with Crippen molar-refractivity contribution in [1.82, 2.24) is 0 Å². The van der Waals surface area contributed by atoms with Gasteiger partial charge in [-0.3, -0.25) is 4.79 Å². The number of amides is 1. The van der Waals surface area contributed by atoms with E-state index in [0.29, 0.717) is 11.3 Å². The highest BCUT2D eigenvalue weighted by atomic mass is 79.9. The van der Waals surface area contributed by atoms with Gasteiger partial charge in [-0.25, -0.2) is 0 Å². The number of carbonyl (C=O) groups is 1. The number of nitrogens with one attached hydrogen (secondary N) is 1. The van der Waals surface area contributed by atoms with Crippen molar-refractivity contribution in [3.05, 3.63) is 49.0 Å². The molecule has 0 aliphatic carbocycles. The summed E-state index contributed by atoms with van der Waals surface area (Å²) < 4.78 is 1.69. The third kappa shape index (κ3) is 3.20. The molecule has 1 amide bonds. The van der Waals surface area contributed by atoms with Gasteiger partial charge < -0.3 is 10.4 Å². The lowest BCUT2D eigenvalue weighted by atomic mass is 10.2. The van der Waals surface area contributed by atoms with Crippen LogP contribution in [0.2, 0.25) is 0 Å². The number of hydrogen-bond donors (Lipinski definition) is 2. The molecule has 0 bridgehead atoms. The van der Waals surface area contributed by atoms with Crippen LogP contribution in [0.15, 0.2) is 37.9 Å². The normalized spacial score (nSPS) is 10.4. The molecule has 1 aromatic heterocycles.